The summed E-state index contributed by atoms with van der Waals surface area (Å²) >= 11 is 0. The highest BCUT2D eigenvalue weighted by molar-refractivity contribution is 5.25. The lowest BCUT2D eigenvalue weighted by molar-refractivity contribution is 0.305. The van der Waals surface area contributed by atoms with Gasteiger partial charge in [0.1, 0.15) is 11.5 Å². The Hall–Kier alpha value is -1.30. The van der Waals surface area contributed by atoms with E-state index < -0.39 is 5.41 Å². The molecule has 15 heavy (non-hydrogen) atoms. The fraction of sp³-hybridized carbons (Fsp3) is 0.667. The minimum absolute atomic E-state index is 0.0171. The van der Waals surface area contributed by atoms with Gasteiger partial charge in [0.15, 0.2) is 0 Å². The van der Waals surface area contributed by atoms with Crippen molar-refractivity contribution in [3.8, 4) is 6.07 Å². The molecule has 82 valence electrons. The Balaban J connectivity index is 3.07. The first kappa shape index (κ1) is 11.8. The molecule has 0 spiro atoms. The van der Waals surface area contributed by atoms with Crippen LogP contribution in [0.2, 0.25) is 0 Å². The van der Waals surface area contributed by atoms with Gasteiger partial charge in [-0.25, -0.2) is 0 Å². The Bertz CT molecular complexity index is 383. The van der Waals surface area contributed by atoms with Crippen LogP contribution in [0, 0.1) is 11.3 Å². The normalized spacial score (nSPS) is 12.5. The molecule has 0 radical (unpaired) electrons. The van der Waals surface area contributed by atoms with Gasteiger partial charge in [0.2, 0.25) is 0 Å². The quantitative estimate of drug-likeness (QED) is 0.763. The van der Waals surface area contributed by atoms with E-state index in [4.69, 9.17) is 9.78 Å². The third-order valence-corrected chi connectivity index (χ3v) is 2.98. The smallest absolute Gasteiger partial charge is 0.142 e. The molecule has 0 N–H and O–H groups in total. The SMILES string of the molecule is CCC(C)(C)c1cc(C(C)(C)C#N)no1. The van der Waals surface area contributed by atoms with Crippen molar-refractivity contribution in [2.45, 2.75) is 51.9 Å². The van der Waals surface area contributed by atoms with E-state index >= 15 is 0 Å². The van der Waals surface area contributed by atoms with Crippen LogP contribution < -0.4 is 0 Å². The molecule has 0 amide bonds. The van der Waals surface area contributed by atoms with Crippen LogP contribution in [0.15, 0.2) is 10.6 Å². The van der Waals surface area contributed by atoms with E-state index in [9.17, 15) is 0 Å². The summed E-state index contributed by atoms with van der Waals surface area (Å²) in [4.78, 5) is 0. The number of hydrogen-bond acceptors (Lipinski definition) is 3. The zero-order chi connectivity index (χ0) is 11.7. The summed E-state index contributed by atoms with van der Waals surface area (Å²) in [5.74, 6) is 0.850. The Morgan fingerprint density at radius 2 is 2.00 bits per heavy atom. The first-order valence-electron chi connectivity index (χ1n) is 5.22. The van der Waals surface area contributed by atoms with Crippen molar-refractivity contribution in [1.82, 2.24) is 5.16 Å². The number of aromatic nitrogens is 1. The molecule has 1 aromatic heterocycles. The fourth-order valence-corrected chi connectivity index (χ4v) is 1.12. The second kappa shape index (κ2) is 3.69. The minimum Gasteiger partial charge on any atom is -0.361 e. The highest BCUT2D eigenvalue weighted by atomic mass is 16.5. The second-order valence-corrected chi connectivity index (χ2v) is 5.05. The zero-order valence-corrected chi connectivity index (χ0v) is 10.1. The molecule has 0 aliphatic heterocycles. The van der Waals surface area contributed by atoms with Gasteiger partial charge < -0.3 is 4.52 Å². The van der Waals surface area contributed by atoms with Crippen molar-refractivity contribution in [3.63, 3.8) is 0 Å². The first-order chi connectivity index (χ1) is 6.83. The van der Waals surface area contributed by atoms with Crippen LogP contribution in [-0.4, -0.2) is 5.16 Å². The Morgan fingerprint density at radius 1 is 1.40 bits per heavy atom. The van der Waals surface area contributed by atoms with Gasteiger partial charge in [0.25, 0.3) is 0 Å². The molecule has 3 nitrogen and oxygen atoms in total. The molecule has 0 unspecified atom stereocenters. The van der Waals surface area contributed by atoms with E-state index in [-0.39, 0.29) is 5.41 Å². The number of nitriles is 1. The summed E-state index contributed by atoms with van der Waals surface area (Å²) in [6.45, 7) is 10.0. The van der Waals surface area contributed by atoms with Gasteiger partial charge in [0.05, 0.1) is 11.5 Å². The summed E-state index contributed by atoms with van der Waals surface area (Å²) in [5.41, 5.74) is 0.115. The third kappa shape index (κ3) is 2.20. The molecule has 0 saturated heterocycles. The summed E-state index contributed by atoms with van der Waals surface area (Å²) < 4.78 is 5.31. The van der Waals surface area contributed by atoms with Gasteiger partial charge in [-0.15, -0.1) is 0 Å². The van der Waals surface area contributed by atoms with E-state index in [0.29, 0.717) is 5.69 Å². The number of rotatable bonds is 3. The van der Waals surface area contributed by atoms with Gasteiger partial charge in [0, 0.05) is 11.5 Å². The lowest BCUT2D eigenvalue weighted by Crippen LogP contribution is -2.16. The van der Waals surface area contributed by atoms with Crippen molar-refractivity contribution in [3.05, 3.63) is 17.5 Å². The fourth-order valence-electron chi connectivity index (χ4n) is 1.12. The molecule has 0 aromatic carbocycles. The largest absolute Gasteiger partial charge is 0.361 e. The number of nitrogens with zero attached hydrogens (tertiary/aromatic N) is 2. The van der Waals surface area contributed by atoms with Gasteiger partial charge >= 0.3 is 0 Å². The Labute approximate surface area is 91.1 Å². The topological polar surface area (TPSA) is 49.8 Å². The first-order valence-corrected chi connectivity index (χ1v) is 5.22. The average Bonchev–Trinajstić information content (AvgIpc) is 2.67. The predicted octanol–water partition coefficient (Wildman–Crippen LogP) is 3.16. The molecular formula is C12H18N2O. The van der Waals surface area contributed by atoms with Crippen LogP contribution in [0.3, 0.4) is 0 Å². The molecule has 0 saturated carbocycles. The van der Waals surface area contributed by atoms with Gasteiger partial charge in [-0.2, -0.15) is 5.26 Å². The maximum atomic E-state index is 8.99. The van der Waals surface area contributed by atoms with Gasteiger partial charge in [-0.3, -0.25) is 0 Å². The third-order valence-electron chi connectivity index (χ3n) is 2.98. The van der Waals surface area contributed by atoms with E-state index in [1.54, 1.807) is 0 Å². The summed E-state index contributed by atoms with van der Waals surface area (Å²) in [7, 11) is 0. The summed E-state index contributed by atoms with van der Waals surface area (Å²) in [5, 5.41) is 13.0. The van der Waals surface area contributed by atoms with E-state index in [0.717, 1.165) is 12.2 Å². The van der Waals surface area contributed by atoms with E-state index in [1.807, 2.05) is 19.9 Å². The second-order valence-electron chi connectivity index (χ2n) is 5.05. The molecule has 0 atom stereocenters. The lowest BCUT2D eigenvalue weighted by Gasteiger charge is -2.17. The van der Waals surface area contributed by atoms with Crippen LogP contribution in [0.4, 0.5) is 0 Å². The van der Waals surface area contributed by atoms with Gasteiger partial charge in [-0.1, -0.05) is 25.9 Å². The molecule has 0 bridgehead atoms. The van der Waals surface area contributed by atoms with Crippen LogP contribution in [0.25, 0.3) is 0 Å². The van der Waals surface area contributed by atoms with Crippen molar-refractivity contribution in [1.29, 1.82) is 5.26 Å². The highest BCUT2D eigenvalue weighted by Gasteiger charge is 2.29. The molecule has 3 heteroatoms. The van der Waals surface area contributed by atoms with Gasteiger partial charge in [-0.05, 0) is 20.3 Å². The van der Waals surface area contributed by atoms with E-state index in [2.05, 4.69) is 32.0 Å². The van der Waals surface area contributed by atoms with Crippen molar-refractivity contribution in [2.24, 2.45) is 0 Å². The number of hydrogen-bond donors (Lipinski definition) is 0. The monoisotopic (exact) mass is 206 g/mol. The van der Waals surface area contributed by atoms with Crippen LogP contribution in [0.1, 0.15) is 52.5 Å². The van der Waals surface area contributed by atoms with Crippen LogP contribution >= 0.6 is 0 Å². The minimum atomic E-state index is -0.578. The highest BCUT2D eigenvalue weighted by Crippen LogP contribution is 2.30. The molecule has 1 rings (SSSR count). The summed E-state index contributed by atoms with van der Waals surface area (Å²) in [6.07, 6.45) is 0.981. The van der Waals surface area contributed by atoms with Crippen LogP contribution in [0.5, 0.6) is 0 Å². The van der Waals surface area contributed by atoms with E-state index in [1.165, 1.54) is 0 Å². The lowest BCUT2D eigenvalue weighted by atomic mass is 9.85. The average molecular weight is 206 g/mol. The Morgan fingerprint density at radius 3 is 2.47 bits per heavy atom. The maximum absolute atomic E-state index is 8.99. The Kier molecular flexibility index (Phi) is 2.90. The molecular weight excluding hydrogens is 188 g/mol. The maximum Gasteiger partial charge on any atom is 0.142 e. The van der Waals surface area contributed by atoms with Crippen LogP contribution in [-0.2, 0) is 10.8 Å². The molecule has 0 fully saturated rings. The standard InChI is InChI=1S/C12H18N2O/c1-6-11(2,3)10-7-9(14-15-10)12(4,5)8-13/h7H,6H2,1-5H3. The van der Waals surface area contributed by atoms with Crippen molar-refractivity contribution in [2.75, 3.05) is 0 Å². The molecule has 1 aromatic rings. The van der Waals surface area contributed by atoms with Crippen molar-refractivity contribution < 1.29 is 4.52 Å². The predicted molar refractivity (Wildman–Crippen MR) is 58.5 cm³/mol. The molecule has 0 aliphatic carbocycles. The molecule has 0 aliphatic rings. The molecule has 1 heterocycles. The summed E-state index contributed by atoms with van der Waals surface area (Å²) in [6, 6.07) is 4.11. The zero-order valence-electron chi connectivity index (χ0n) is 10.1. The van der Waals surface area contributed by atoms with Crippen molar-refractivity contribution >= 4 is 0 Å².